The van der Waals surface area contributed by atoms with E-state index in [1.807, 2.05) is 48.5 Å². The first-order chi connectivity index (χ1) is 10.6. The van der Waals surface area contributed by atoms with Crippen LogP contribution >= 0.6 is 23.8 Å². The molecular weight excluding hydrogens is 316 g/mol. The molecule has 0 saturated heterocycles. The van der Waals surface area contributed by atoms with E-state index in [-0.39, 0.29) is 6.04 Å². The molecule has 0 heterocycles. The molecule has 0 fully saturated rings. The van der Waals surface area contributed by atoms with Gasteiger partial charge in [-0.25, -0.2) is 0 Å². The van der Waals surface area contributed by atoms with Crippen LogP contribution in [-0.2, 0) is 0 Å². The highest BCUT2D eigenvalue weighted by atomic mass is 35.5. The normalized spacial score (nSPS) is 11.6. The van der Waals surface area contributed by atoms with E-state index >= 15 is 0 Å². The third-order valence-corrected chi connectivity index (χ3v) is 3.77. The van der Waals surface area contributed by atoms with Crippen molar-refractivity contribution in [1.29, 1.82) is 0 Å². The second-order valence-corrected chi connectivity index (χ2v) is 5.69. The summed E-state index contributed by atoms with van der Waals surface area (Å²) < 4.78 is 5.18. The van der Waals surface area contributed by atoms with Gasteiger partial charge in [0.05, 0.1) is 13.2 Å². The van der Waals surface area contributed by atoms with Gasteiger partial charge in [-0.1, -0.05) is 36.7 Å². The average Bonchev–Trinajstić information content (AvgIpc) is 2.53. The van der Waals surface area contributed by atoms with Crippen LogP contribution in [-0.4, -0.2) is 12.2 Å². The highest BCUT2D eigenvalue weighted by Gasteiger charge is 2.11. The third-order valence-electron chi connectivity index (χ3n) is 3.31. The molecule has 2 aromatic rings. The monoisotopic (exact) mass is 334 g/mol. The summed E-state index contributed by atoms with van der Waals surface area (Å²) in [5.74, 6) is 0.846. The molecule has 1 atom stereocenters. The fourth-order valence-corrected chi connectivity index (χ4v) is 2.60. The van der Waals surface area contributed by atoms with E-state index < -0.39 is 0 Å². The van der Waals surface area contributed by atoms with Crippen molar-refractivity contribution in [1.82, 2.24) is 5.32 Å². The van der Waals surface area contributed by atoms with Crippen molar-refractivity contribution < 1.29 is 4.74 Å². The van der Waals surface area contributed by atoms with Gasteiger partial charge in [0.25, 0.3) is 0 Å². The molecule has 3 nitrogen and oxygen atoms in total. The largest absolute Gasteiger partial charge is 0.497 e. The number of nitrogens with one attached hydrogen (secondary N) is 2. The van der Waals surface area contributed by atoms with Crippen molar-refractivity contribution in [2.75, 3.05) is 12.4 Å². The summed E-state index contributed by atoms with van der Waals surface area (Å²) in [6, 6.07) is 15.6. The highest BCUT2D eigenvalue weighted by molar-refractivity contribution is 7.80. The minimum atomic E-state index is 0.144. The zero-order valence-corrected chi connectivity index (χ0v) is 14.2. The molecule has 0 radical (unpaired) electrons. The Bertz CT molecular complexity index is 631. The van der Waals surface area contributed by atoms with E-state index in [9.17, 15) is 0 Å². The number of thiocarbonyl (C=S) groups is 1. The lowest BCUT2D eigenvalue weighted by Gasteiger charge is -2.20. The minimum absolute atomic E-state index is 0.144. The number of benzene rings is 2. The predicted molar refractivity (Wildman–Crippen MR) is 96.8 cm³/mol. The van der Waals surface area contributed by atoms with Crippen LogP contribution in [0.4, 0.5) is 5.69 Å². The van der Waals surface area contributed by atoms with Crippen molar-refractivity contribution in [2.45, 2.75) is 19.4 Å². The van der Waals surface area contributed by atoms with Gasteiger partial charge in [0, 0.05) is 10.7 Å². The quantitative estimate of drug-likeness (QED) is 0.770. The Morgan fingerprint density at radius 3 is 2.55 bits per heavy atom. The number of rotatable bonds is 5. The highest BCUT2D eigenvalue weighted by Crippen LogP contribution is 2.21. The third kappa shape index (κ3) is 4.61. The topological polar surface area (TPSA) is 33.3 Å². The Kier molecular flexibility index (Phi) is 6.04. The molecule has 116 valence electrons. The Morgan fingerprint density at radius 1 is 1.23 bits per heavy atom. The maximum absolute atomic E-state index is 5.97. The number of hydrogen-bond donors (Lipinski definition) is 2. The zero-order chi connectivity index (χ0) is 15.9. The van der Waals surface area contributed by atoms with Gasteiger partial charge in [-0.2, -0.15) is 0 Å². The molecule has 22 heavy (non-hydrogen) atoms. The number of methoxy groups -OCH3 is 1. The van der Waals surface area contributed by atoms with Gasteiger partial charge < -0.3 is 15.4 Å². The fraction of sp³-hybridized carbons (Fsp3) is 0.235. The molecule has 0 aliphatic rings. The Morgan fingerprint density at radius 2 is 1.95 bits per heavy atom. The van der Waals surface area contributed by atoms with E-state index in [0.29, 0.717) is 10.1 Å². The zero-order valence-electron chi connectivity index (χ0n) is 12.6. The lowest BCUT2D eigenvalue weighted by Crippen LogP contribution is -2.32. The number of hydrogen-bond acceptors (Lipinski definition) is 2. The van der Waals surface area contributed by atoms with Crippen LogP contribution < -0.4 is 15.4 Å². The summed E-state index contributed by atoms with van der Waals surface area (Å²) in [5, 5.41) is 7.73. The van der Waals surface area contributed by atoms with Gasteiger partial charge in [-0.3, -0.25) is 0 Å². The molecular formula is C17H19ClN2OS. The van der Waals surface area contributed by atoms with Gasteiger partial charge in [0.15, 0.2) is 5.11 Å². The first-order valence-corrected chi connectivity index (χ1v) is 7.88. The van der Waals surface area contributed by atoms with E-state index in [0.717, 1.165) is 17.9 Å². The SMILES string of the molecule is CC[C@H](NC(=S)Nc1cccc(Cl)c1)c1ccc(OC)cc1. The Balaban J connectivity index is 2.01. The first kappa shape index (κ1) is 16.6. The van der Waals surface area contributed by atoms with Crippen LogP contribution in [0.1, 0.15) is 24.9 Å². The van der Waals surface area contributed by atoms with Gasteiger partial charge in [-0.05, 0) is 54.5 Å². The minimum Gasteiger partial charge on any atom is -0.497 e. The van der Waals surface area contributed by atoms with E-state index in [2.05, 4.69) is 17.6 Å². The lowest BCUT2D eigenvalue weighted by molar-refractivity contribution is 0.414. The summed E-state index contributed by atoms with van der Waals surface area (Å²) in [5.41, 5.74) is 2.04. The molecule has 0 spiro atoms. The van der Waals surface area contributed by atoms with E-state index in [1.54, 1.807) is 7.11 Å². The maximum Gasteiger partial charge on any atom is 0.171 e. The molecule has 2 rings (SSSR count). The van der Waals surface area contributed by atoms with Gasteiger partial charge in [-0.15, -0.1) is 0 Å². The van der Waals surface area contributed by atoms with Crippen molar-refractivity contribution in [2.24, 2.45) is 0 Å². The van der Waals surface area contributed by atoms with Crippen LogP contribution in [0.2, 0.25) is 5.02 Å². The molecule has 2 aromatic carbocycles. The van der Waals surface area contributed by atoms with Crippen LogP contribution in [0.3, 0.4) is 0 Å². The van der Waals surface area contributed by atoms with Crippen molar-refractivity contribution in [3.8, 4) is 5.75 Å². The molecule has 0 amide bonds. The summed E-state index contributed by atoms with van der Waals surface area (Å²) >= 11 is 11.4. The Labute approximate surface area is 141 Å². The molecule has 0 aromatic heterocycles. The summed E-state index contributed by atoms with van der Waals surface area (Å²) in [6.07, 6.45) is 0.920. The molecule has 0 aliphatic heterocycles. The number of halogens is 1. The molecule has 0 saturated carbocycles. The second kappa shape index (κ2) is 8.01. The molecule has 2 N–H and O–H groups in total. The van der Waals surface area contributed by atoms with Gasteiger partial charge in [0.1, 0.15) is 5.75 Å². The molecule has 5 heteroatoms. The van der Waals surface area contributed by atoms with Crippen molar-refractivity contribution in [3.63, 3.8) is 0 Å². The first-order valence-electron chi connectivity index (χ1n) is 7.09. The average molecular weight is 335 g/mol. The summed E-state index contributed by atoms with van der Waals surface area (Å²) in [4.78, 5) is 0. The standard InChI is InChI=1S/C17H19ClN2OS/c1-3-16(12-7-9-15(21-2)10-8-12)20-17(22)19-14-6-4-5-13(18)11-14/h4-11,16H,3H2,1-2H3,(H2,19,20,22)/t16-/m0/s1. The van der Waals surface area contributed by atoms with E-state index in [4.69, 9.17) is 28.6 Å². The Hall–Kier alpha value is -1.78. The summed E-state index contributed by atoms with van der Waals surface area (Å²) in [6.45, 7) is 2.11. The number of anilines is 1. The van der Waals surface area contributed by atoms with Gasteiger partial charge in [0.2, 0.25) is 0 Å². The van der Waals surface area contributed by atoms with Gasteiger partial charge >= 0.3 is 0 Å². The smallest absolute Gasteiger partial charge is 0.171 e. The lowest BCUT2D eigenvalue weighted by atomic mass is 10.0. The number of ether oxygens (including phenoxy) is 1. The fourth-order valence-electron chi connectivity index (χ4n) is 2.15. The van der Waals surface area contributed by atoms with E-state index in [1.165, 1.54) is 5.56 Å². The van der Waals surface area contributed by atoms with Crippen LogP contribution in [0.25, 0.3) is 0 Å². The van der Waals surface area contributed by atoms with Crippen LogP contribution in [0, 0.1) is 0 Å². The molecule has 0 unspecified atom stereocenters. The van der Waals surface area contributed by atoms with Crippen LogP contribution in [0.15, 0.2) is 48.5 Å². The van der Waals surface area contributed by atoms with Crippen molar-refractivity contribution in [3.05, 3.63) is 59.1 Å². The maximum atomic E-state index is 5.97. The van der Waals surface area contributed by atoms with Crippen molar-refractivity contribution >= 4 is 34.6 Å². The molecule has 0 aliphatic carbocycles. The summed E-state index contributed by atoms with van der Waals surface area (Å²) in [7, 11) is 1.66. The second-order valence-electron chi connectivity index (χ2n) is 4.84. The predicted octanol–water partition coefficient (Wildman–Crippen LogP) is 4.79. The van der Waals surface area contributed by atoms with Crippen LogP contribution in [0.5, 0.6) is 5.75 Å². The molecule has 0 bridgehead atoms.